The van der Waals surface area contributed by atoms with E-state index in [1.165, 1.54) is 0 Å². The molecule has 182 valence electrons. The van der Waals surface area contributed by atoms with Crippen molar-refractivity contribution in [3.05, 3.63) is 59.7 Å². The summed E-state index contributed by atoms with van der Waals surface area (Å²) >= 11 is 0. The lowest BCUT2D eigenvalue weighted by Crippen LogP contribution is -2.50. The number of hydrogen-bond donors (Lipinski definition) is 3. The van der Waals surface area contributed by atoms with Crippen LogP contribution in [0.4, 0.5) is 18.0 Å². The molecule has 10 heteroatoms. The number of nitrogens with one attached hydrogen (secondary N) is 2. The summed E-state index contributed by atoms with van der Waals surface area (Å²) in [6.07, 6.45) is -5.32. The second-order valence-electron chi connectivity index (χ2n) is 7.99. The van der Waals surface area contributed by atoms with Crippen molar-refractivity contribution >= 4 is 18.0 Å². The summed E-state index contributed by atoms with van der Waals surface area (Å²) in [6, 6.07) is 14.4. The average molecular weight is 478 g/mol. The van der Waals surface area contributed by atoms with Crippen molar-refractivity contribution in [1.82, 2.24) is 10.6 Å². The first-order valence-electron chi connectivity index (χ1n) is 10.8. The summed E-state index contributed by atoms with van der Waals surface area (Å²) < 4.78 is 43.8. The Balaban J connectivity index is 1.61. The number of benzene rings is 2. The molecule has 0 aliphatic heterocycles. The van der Waals surface area contributed by atoms with Gasteiger partial charge in [0.2, 0.25) is 5.91 Å². The normalized spacial score (nSPS) is 14.5. The third-order valence-electron chi connectivity index (χ3n) is 5.70. The molecule has 2 aromatic rings. The SMILES string of the molecule is CCC[C@H](NC(=O)OCC1c2ccccc2-c2ccccc21)C(=O)NCC(C(=O)O)C(F)(F)F. The lowest BCUT2D eigenvalue weighted by atomic mass is 9.98. The van der Waals surface area contributed by atoms with Crippen LogP contribution < -0.4 is 10.6 Å². The molecular weight excluding hydrogens is 453 g/mol. The molecule has 1 aliphatic carbocycles. The molecular formula is C24H25F3N2O5. The number of carbonyl (C=O) groups excluding carboxylic acids is 2. The van der Waals surface area contributed by atoms with Crippen LogP contribution in [-0.2, 0) is 14.3 Å². The van der Waals surface area contributed by atoms with Crippen LogP contribution in [0, 0.1) is 5.92 Å². The van der Waals surface area contributed by atoms with Crippen molar-refractivity contribution in [2.75, 3.05) is 13.2 Å². The molecule has 0 fully saturated rings. The molecule has 0 aromatic heterocycles. The first-order valence-corrected chi connectivity index (χ1v) is 10.8. The molecule has 0 bridgehead atoms. The van der Waals surface area contributed by atoms with E-state index < -0.39 is 42.7 Å². The van der Waals surface area contributed by atoms with Crippen molar-refractivity contribution in [3.8, 4) is 11.1 Å². The van der Waals surface area contributed by atoms with E-state index in [0.29, 0.717) is 6.42 Å². The number of ether oxygens (including phenoxy) is 1. The fourth-order valence-electron chi connectivity index (χ4n) is 4.01. The van der Waals surface area contributed by atoms with Gasteiger partial charge < -0.3 is 20.5 Å². The lowest BCUT2D eigenvalue weighted by Gasteiger charge is -2.21. The highest BCUT2D eigenvalue weighted by Crippen LogP contribution is 2.44. The summed E-state index contributed by atoms with van der Waals surface area (Å²) in [4.78, 5) is 35.7. The van der Waals surface area contributed by atoms with Crippen molar-refractivity contribution in [2.45, 2.75) is 37.9 Å². The van der Waals surface area contributed by atoms with E-state index in [1.807, 2.05) is 53.8 Å². The van der Waals surface area contributed by atoms with Crippen molar-refractivity contribution in [2.24, 2.45) is 5.92 Å². The highest BCUT2D eigenvalue weighted by molar-refractivity contribution is 5.86. The highest BCUT2D eigenvalue weighted by atomic mass is 19.4. The van der Waals surface area contributed by atoms with Gasteiger partial charge in [-0.05, 0) is 28.7 Å². The Labute approximate surface area is 194 Å². The number of amides is 2. The predicted molar refractivity (Wildman–Crippen MR) is 117 cm³/mol. The predicted octanol–water partition coefficient (Wildman–Crippen LogP) is 4.07. The Bertz CT molecular complexity index is 1010. The molecule has 0 spiro atoms. The molecule has 0 saturated carbocycles. The maximum atomic E-state index is 12.8. The third-order valence-corrected chi connectivity index (χ3v) is 5.70. The second kappa shape index (κ2) is 10.6. The molecule has 34 heavy (non-hydrogen) atoms. The van der Waals surface area contributed by atoms with Crippen LogP contribution >= 0.6 is 0 Å². The zero-order chi connectivity index (χ0) is 24.9. The van der Waals surface area contributed by atoms with Crippen LogP contribution in [0.2, 0.25) is 0 Å². The number of carboxylic acids is 1. The first kappa shape index (κ1) is 25.1. The van der Waals surface area contributed by atoms with Gasteiger partial charge in [-0.2, -0.15) is 13.2 Å². The van der Waals surface area contributed by atoms with Gasteiger partial charge in [0.05, 0.1) is 0 Å². The molecule has 3 N–H and O–H groups in total. The largest absolute Gasteiger partial charge is 0.481 e. The minimum absolute atomic E-state index is 0.00941. The van der Waals surface area contributed by atoms with Crippen LogP contribution in [0.1, 0.15) is 36.8 Å². The van der Waals surface area contributed by atoms with E-state index in [0.717, 1.165) is 22.3 Å². The number of rotatable bonds is 9. The quantitative estimate of drug-likeness (QED) is 0.504. The van der Waals surface area contributed by atoms with E-state index in [9.17, 15) is 27.6 Å². The van der Waals surface area contributed by atoms with Crippen LogP contribution in [0.3, 0.4) is 0 Å². The maximum Gasteiger partial charge on any atom is 0.407 e. The Kier molecular flexibility index (Phi) is 7.80. The summed E-state index contributed by atoms with van der Waals surface area (Å²) in [5.74, 6) is -5.94. The van der Waals surface area contributed by atoms with Crippen molar-refractivity contribution in [3.63, 3.8) is 0 Å². The molecule has 2 amide bonds. The number of carbonyl (C=O) groups is 3. The molecule has 3 rings (SSSR count). The van der Waals surface area contributed by atoms with Crippen molar-refractivity contribution in [1.29, 1.82) is 0 Å². The molecule has 2 aromatic carbocycles. The van der Waals surface area contributed by atoms with E-state index in [4.69, 9.17) is 9.84 Å². The molecule has 0 radical (unpaired) electrons. The number of alkyl halides is 3. The van der Waals surface area contributed by atoms with Gasteiger partial charge in [0.1, 0.15) is 12.6 Å². The van der Waals surface area contributed by atoms with E-state index >= 15 is 0 Å². The van der Waals surface area contributed by atoms with Gasteiger partial charge >= 0.3 is 18.2 Å². The van der Waals surface area contributed by atoms with Gasteiger partial charge in [-0.1, -0.05) is 61.9 Å². The van der Waals surface area contributed by atoms with E-state index in [2.05, 4.69) is 5.32 Å². The number of hydrogen-bond acceptors (Lipinski definition) is 4. The van der Waals surface area contributed by atoms with Gasteiger partial charge in [-0.15, -0.1) is 0 Å². The van der Waals surface area contributed by atoms with Crippen LogP contribution in [0.5, 0.6) is 0 Å². The minimum atomic E-state index is -5.01. The number of alkyl carbamates (subject to hydrolysis) is 1. The zero-order valence-electron chi connectivity index (χ0n) is 18.4. The number of aliphatic carboxylic acids is 1. The summed E-state index contributed by atoms with van der Waals surface area (Å²) in [5, 5.41) is 13.1. The number of halogens is 3. The monoisotopic (exact) mass is 478 g/mol. The standard InChI is InChI=1S/C24H25F3N2O5/c1-2-7-20(21(30)28-12-19(22(31)32)24(25,26)27)29-23(33)34-13-18-16-10-5-3-8-14(16)15-9-4-6-11-17(15)18/h3-6,8-11,18-20H,2,7,12-13H2,1H3,(H,28,30)(H,29,33)(H,31,32)/t19?,20-/m0/s1. The molecule has 0 saturated heterocycles. The number of carboxylic acid groups (broad SMARTS) is 1. The second-order valence-corrected chi connectivity index (χ2v) is 7.99. The Morgan fingerprint density at radius 2 is 1.59 bits per heavy atom. The minimum Gasteiger partial charge on any atom is -0.481 e. The Morgan fingerprint density at radius 3 is 2.09 bits per heavy atom. The summed E-state index contributed by atoms with van der Waals surface area (Å²) in [7, 11) is 0. The lowest BCUT2D eigenvalue weighted by molar-refractivity contribution is -0.192. The highest BCUT2D eigenvalue weighted by Gasteiger charge is 2.45. The molecule has 0 heterocycles. The topological polar surface area (TPSA) is 105 Å². The molecule has 7 nitrogen and oxygen atoms in total. The van der Waals surface area contributed by atoms with Crippen LogP contribution in [-0.4, -0.2) is 48.4 Å². The summed E-state index contributed by atoms with van der Waals surface area (Å²) in [5.41, 5.74) is 4.11. The van der Waals surface area contributed by atoms with Gasteiger partial charge in [-0.3, -0.25) is 9.59 Å². The fourth-order valence-corrected chi connectivity index (χ4v) is 4.01. The summed E-state index contributed by atoms with van der Waals surface area (Å²) in [6.45, 7) is 0.606. The third kappa shape index (κ3) is 5.67. The molecule has 2 atom stereocenters. The number of fused-ring (bicyclic) bond motifs is 3. The Morgan fingerprint density at radius 1 is 1.03 bits per heavy atom. The van der Waals surface area contributed by atoms with Crippen LogP contribution in [0.15, 0.2) is 48.5 Å². The van der Waals surface area contributed by atoms with E-state index in [-0.39, 0.29) is 18.9 Å². The smallest absolute Gasteiger partial charge is 0.407 e. The molecule has 1 aliphatic rings. The Hall–Kier alpha value is -3.56. The van der Waals surface area contributed by atoms with Gasteiger partial charge in [-0.25, -0.2) is 4.79 Å². The van der Waals surface area contributed by atoms with Crippen LogP contribution in [0.25, 0.3) is 11.1 Å². The molecule has 1 unspecified atom stereocenters. The maximum absolute atomic E-state index is 12.8. The van der Waals surface area contributed by atoms with Gasteiger partial charge in [0, 0.05) is 12.5 Å². The van der Waals surface area contributed by atoms with Gasteiger partial charge in [0.15, 0.2) is 5.92 Å². The fraction of sp³-hybridized carbons (Fsp3) is 0.375. The zero-order valence-corrected chi connectivity index (χ0v) is 18.4. The van der Waals surface area contributed by atoms with E-state index in [1.54, 1.807) is 6.92 Å². The average Bonchev–Trinajstić information content (AvgIpc) is 3.10. The van der Waals surface area contributed by atoms with Crippen molar-refractivity contribution < 1.29 is 37.4 Å². The van der Waals surface area contributed by atoms with Gasteiger partial charge in [0.25, 0.3) is 0 Å². The first-order chi connectivity index (χ1) is 16.1.